The number of benzene rings is 3. The molecule has 0 saturated carbocycles. The second-order valence-corrected chi connectivity index (χ2v) is 9.69. The van der Waals surface area contributed by atoms with Gasteiger partial charge in [-0.15, -0.1) is 0 Å². The lowest BCUT2D eigenvalue weighted by molar-refractivity contribution is -0.116. The van der Waals surface area contributed by atoms with Crippen molar-refractivity contribution in [3.63, 3.8) is 0 Å². The number of carbonyl (C=O) groups is 1. The molecule has 34 heavy (non-hydrogen) atoms. The lowest BCUT2D eigenvalue weighted by Gasteiger charge is -2.27. The quantitative estimate of drug-likeness (QED) is 0.243. The van der Waals surface area contributed by atoms with E-state index in [-0.39, 0.29) is 29.2 Å². The van der Waals surface area contributed by atoms with E-state index in [2.05, 4.69) is 13.8 Å². The number of anilines is 1. The SMILES string of the molecule is CC(C)c1ccccc1-n1c(SCC(=O)N(c2ccccc2)C(C)C)nc2ccccc2c1=O. The molecule has 6 heteroatoms. The summed E-state index contributed by atoms with van der Waals surface area (Å²) < 4.78 is 1.66. The van der Waals surface area contributed by atoms with Gasteiger partial charge in [-0.25, -0.2) is 4.98 Å². The first kappa shape index (κ1) is 23.8. The summed E-state index contributed by atoms with van der Waals surface area (Å²) in [6, 6.07) is 24.9. The van der Waals surface area contributed by atoms with E-state index in [0.29, 0.717) is 16.1 Å². The Morgan fingerprint density at radius 3 is 2.26 bits per heavy atom. The van der Waals surface area contributed by atoms with Crippen LogP contribution in [0.1, 0.15) is 39.2 Å². The number of amides is 1. The van der Waals surface area contributed by atoms with Gasteiger partial charge in [-0.05, 0) is 55.7 Å². The molecule has 1 heterocycles. The van der Waals surface area contributed by atoms with Gasteiger partial charge in [-0.3, -0.25) is 14.2 Å². The molecule has 0 unspecified atom stereocenters. The smallest absolute Gasteiger partial charge is 0.266 e. The number of aromatic nitrogens is 2. The van der Waals surface area contributed by atoms with Crippen LogP contribution in [0, 0.1) is 0 Å². The van der Waals surface area contributed by atoms with Crippen molar-refractivity contribution >= 4 is 34.3 Å². The maximum atomic E-state index is 13.6. The third-order valence-corrected chi connectivity index (χ3v) is 6.61. The summed E-state index contributed by atoms with van der Waals surface area (Å²) in [5.74, 6) is 0.364. The summed E-state index contributed by atoms with van der Waals surface area (Å²) in [5, 5.41) is 1.08. The number of hydrogen-bond donors (Lipinski definition) is 0. The standard InChI is InChI=1S/C28H29N3O2S/c1-19(2)22-14-9-11-17-25(22)31-27(33)23-15-8-10-16-24(23)29-28(31)34-18-26(32)30(20(3)4)21-12-6-5-7-13-21/h5-17,19-20H,18H2,1-4H3. The third kappa shape index (κ3) is 4.77. The highest BCUT2D eigenvalue weighted by atomic mass is 32.2. The molecule has 0 aliphatic rings. The number of para-hydroxylation sites is 3. The lowest BCUT2D eigenvalue weighted by Crippen LogP contribution is -2.38. The van der Waals surface area contributed by atoms with Gasteiger partial charge in [0.15, 0.2) is 5.16 Å². The number of carbonyl (C=O) groups excluding carboxylic acids is 1. The molecule has 0 aliphatic carbocycles. The Morgan fingerprint density at radius 2 is 1.56 bits per heavy atom. The van der Waals surface area contributed by atoms with Crippen LogP contribution in [-0.2, 0) is 4.79 Å². The van der Waals surface area contributed by atoms with Crippen molar-refractivity contribution in [1.29, 1.82) is 0 Å². The van der Waals surface area contributed by atoms with Crippen molar-refractivity contribution in [3.8, 4) is 5.69 Å². The summed E-state index contributed by atoms with van der Waals surface area (Å²) in [4.78, 5) is 33.6. The van der Waals surface area contributed by atoms with Crippen molar-refractivity contribution in [3.05, 3.63) is 94.8 Å². The van der Waals surface area contributed by atoms with Gasteiger partial charge in [-0.1, -0.05) is 74.1 Å². The highest BCUT2D eigenvalue weighted by molar-refractivity contribution is 7.99. The average molecular weight is 472 g/mol. The summed E-state index contributed by atoms with van der Waals surface area (Å²) in [6.45, 7) is 8.21. The van der Waals surface area contributed by atoms with E-state index in [1.54, 1.807) is 15.5 Å². The summed E-state index contributed by atoms with van der Waals surface area (Å²) in [7, 11) is 0. The molecule has 0 saturated heterocycles. The van der Waals surface area contributed by atoms with E-state index in [1.165, 1.54) is 11.8 Å². The van der Waals surface area contributed by atoms with Crippen molar-refractivity contribution in [2.45, 2.75) is 44.8 Å². The molecule has 5 nitrogen and oxygen atoms in total. The highest BCUT2D eigenvalue weighted by Gasteiger charge is 2.22. The summed E-state index contributed by atoms with van der Waals surface area (Å²) in [6.07, 6.45) is 0. The zero-order valence-corrected chi connectivity index (χ0v) is 20.8. The van der Waals surface area contributed by atoms with Crippen LogP contribution in [0.25, 0.3) is 16.6 Å². The van der Waals surface area contributed by atoms with Crippen LogP contribution in [-0.4, -0.2) is 27.3 Å². The highest BCUT2D eigenvalue weighted by Crippen LogP contribution is 2.28. The number of thioether (sulfide) groups is 1. The van der Waals surface area contributed by atoms with Gasteiger partial charge in [0.05, 0.1) is 22.3 Å². The van der Waals surface area contributed by atoms with Gasteiger partial charge in [-0.2, -0.15) is 0 Å². The first-order valence-electron chi connectivity index (χ1n) is 11.5. The Labute approximate surface area is 204 Å². The normalized spacial score (nSPS) is 11.4. The molecule has 4 aromatic rings. The minimum absolute atomic E-state index is 0.00363. The van der Waals surface area contributed by atoms with Crippen LogP contribution in [0.3, 0.4) is 0 Å². The van der Waals surface area contributed by atoms with Crippen molar-refractivity contribution in [1.82, 2.24) is 9.55 Å². The van der Waals surface area contributed by atoms with E-state index >= 15 is 0 Å². The van der Waals surface area contributed by atoms with Crippen LogP contribution in [0.4, 0.5) is 5.69 Å². The summed E-state index contributed by atoms with van der Waals surface area (Å²) in [5.41, 5.74) is 3.22. The van der Waals surface area contributed by atoms with E-state index in [0.717, 1.165) is 16.9 Å². The third-order valence-electron chi connectivity index (χ3n) is 5.69. The molecule has 0 radical (unpaired) electrons. The van der Waals surface area contributed by atoms with E-state index in [9.17, 15) is 9.59 Å². The fourth-order valence-corrected chi connectivity index (χ4v) is 4.98. The first-order valence-corrected chi connectivity index (χ1v) is 12.5. The molecular formula is C28H29N3O2S. The Kier molecular flexibility index (Phi) is 7.17. The van der Waals surface area contributed by atoms with Gasteiger partial charge >= 0.3 is 0 Å². The monoisotopic (exact) mass is 471 g/mol. The second kappa shape index (κ2) is 10.3. The van der Waals surface area contributed by atoms with Crippen LogP contribution >= 0.6 is 11.8 Å². The molecular weight excluding hydrogens is 442 g/mol. The molecule has 0 fully saturated rings. The van der Waals surface area contributed by atoms with E-state index in [4.69, 9.17) is 4.98 Å². The largest absolute Gasteiger partial charge is 0.309 e. The zero-order valence-electron chi connectivity index (χ0n) is 19.9. The Hall–Kier alpha value is -3.38. The van der Waals surface area contributed by atoms with Gasteiger partial charge in [0, 0.05) is 11.7 Å². The molecule has 1 amide bonds. The van der Waals surface area contributed by atoms with Gasteiger partial charge < -0.3 is 4.90 Å². The molecule has 0 atom stereocenters. The zero-order chi connectivity index (χ0) is 24.2. The Morgan fingerprint density at radius 1 is 0.912 bits per heavy atom. The molecule has 0 bridgehead atoms. The van der Waals surface area contributed by atoms with Crippen LogP contribution in [0.2, 0.25) is 0 Å². The van der Waals surface area contributed by atoms with Crippen LogP contribution in [0.5, 0.6) is 0 Å². The second-order valence-electron chi connectivity index (χ2n) is 8.75. The molecule has 0 N–H and O–H groups in total. The molecule has 174 valence electrons. The molecule has 0 spiro atoms. The molecule has 4 rings (SSSR count). The fourth-order valence-electron chi connectivity index (χ4n) is 4.12. The van der Waals surface area contributed by atoms with E-state index < -0.39 is 0 Å². The molecule has 0 aliphatic heterocycles. The van der Waals surface area contributed by atoms with Crippen molar-refractivity contribution in [2.75, 3.05) is 10.7 Å². The fraction of sp³-hybridized carbons (Fsp3) is 0.250. The van der Waals surface area contributed by atoms with Crippen LogP contribution in [0.15, 0.2) is 88.8 Å². The maximum Gasteiger partial charge on any atom is 0.266 e. The predicted octanol–water partition coefficient (Wildman–Crippen LogP) is 6.04. The average Bonchev–Trinajstić information content (AvgIpc) is 2.83. The Bertz CT molecular complexity index is 1360. The predicted molar refractivity (Wildman–Crippen MR) is 141 cm³/mol. The van der Waals surface area contributed by atoms with Gasteiger partial charge in [0.2, 0.25) is 5.91 Å². The number of rotatable bonds is 7. The lowest BCUT2D eigenvalue weighted by atomic mass is 10.0. The number of fused-ring (bicyclic) bond motifs is 1. The summed E-state index contributed by atoms with van der Waals surface area (Å²) >= 11 is 1.30. The van der Waals surface area contributed by atoms with Crippen LogP contribution < -0.4 is 10.5 Å². The van der Waals surface area contributed by atoms with E-state index in [1.807, 2.05) is 86.6 Å². The minimum Gasteiger partial charge on any atom is -0.309 e. The number of nitrogens with zero attached hydrogens (tertiary/aromatic N) is 3. The molecule has 1 aromatic heterocycles. The van der Waals surface area contributed by atoms with Crippen molar-refractivity contribution in [2.24, 2.45) is 0 Å². The minimum atomic E-state index is -0.127. The van der Waals surface area contributed by atoms with Crippen molar-refractivity contribution < 1.29 is 4.79 Å². The first-order chi connectivity index (χ1) is 16.4. The molecule has 3 aromatic carbocycles. The van der Waals surface area contributed by atoms with Gasteiger partial charge in [0.25, 0.3) is 5.56 Å². The maximum absolute atomic E-state index is 13.6. The Balaban J connectivity index is 1.78. The van der Waals surface area contributed by atoms with Gasteiger partial charge in [0.1, 0.15) is 0 Å². The topological polar surface area (TPSA) is 55.2 Å². The number of hydrogen-bond acceptors (Lipinski definition) is 4.